The number of rotatable bonds is 6. The average Bonchev–Trinajstić information content (AvgIpc) is 3.16. The van der Waals surface area contributed by atoms with Crippen LogP contribution in [0.1, 0.15) is 18.2 Å². The highest BCUT2D eigenvalue weighted by atomic mass is 16.1. The Labute approximate surface area is 151 Å². The SMILES string of the molecule is CCN(CCn1ccnn1)c1ccc(-c2cc(C)[nH]c(=O)c2C#N)cc1. The molecule has 0 aliphatic heterocycles. The molecular weight excluding hydrogens is 328 g/mol. The normalized spacial score (nSPS) is 10.5. The van der Waals surface area contributed by atoms with Gasteiger partial charge in [-0.3, -0.25) is 9.48 Å². The summed E-state index contributed by atoms with van der Waals surface area (Å²) in [6.45, 7) is 6.34. The minimum absolute atomic E-state index is 0.141. The summed E-state index contributed by atoms with van der Waals surface area (Å²) in [5.74, 6) is 0. The summed E-state index contributed by atoms with van der Waals surface area (Å²) < 4.78 is 1.80. The molecule has 0 amide bonds. The third-order valence-corrected chi connectivity index (χ3v) is 4.28. The molecule has 0 saturated carbocycles. The Morgan fingerprint density at radius 2 is 2.08 bits per heavy atom. The van der Waals surface area contributed by atoms with E-state index in [-0.39, 0.29) is 11.1 Å². The van der Waals surface area contributed by atoms with Crippen LogP contribution in [0.4, 0.5) is 5.69 Å². The number of nitrogens with zero attached hydrogens (tertiary/aromatic N) is 5. The lowest BCUT2D eigenvalue weighted by molar-refractivity contribution is 0.579. The molecule has 0 saturated heterocycles. The van der Waals surface area contributed by atoms with Gasteiger partial charge in [0, 0.05) is 36.2 Å². The van der Waals surface area contributed by atoms with Crippen molar-refractivity contribution in [1.29, 1.82) is 5.26 Å². The highest BCUT2D eigenvalue weighted by Crippen LogP contribution is 2.25. The summed E-state index contributed by atoms with van der Waals surface area (Å²) in [4.78, 5) is 16.9. The second kappa shape index (κ2) is 7.66. The molecule has 2 aromatic heterocycles. The van der Waals surface area contributed by atoms with Gasteiger partial charge in [0.1, 0.15) is 11.6 Å². The number of aromatic nitrogens is 4. The van der Waals surface area contributed by atoms with Gasteiger partial charge >= 0.3 is 0 Å². The van der Waals surface area contributed by atoms with Crippen molar-refractivity contribution < 1.29 is 0 Å². The Morgan fingerprint density at radius 1 is 1.31 bits per heavy atom. The summed E-state index contributed by atoms with van der Waals surface area (Å²) >= 11 is 0. The maximum Gasteiger partial charge on any atom is 0.266 e. The minimum atomic E-state index is -0.352. The third-order valence-electron chi connectivity index (χ3n) is 4.28. The van der Waals surface area contributed by atoms with Gasteiger partial charge in [-0.05, 0) is 37.6 Å². The largest absolute Gasteiger partial charge is 0.370 e. The molecule has 7 heteroatoms. The molecule has 26 heavy (non-hydrogen) atoms. The van der Waals surface area contributed by atoms with Crippen LogP contribution in [0.2, 0.25) is 0 Å². The lowest BCUT2D eigenvalue weighted by Gasteiger charge is -2.23. The molecule has 0 spiro atoms. The fourth-order valence-electron chi connectivity index (χ4n) is 2.92. The van der Waals surface area contributed by atoms with Crippen LogP contribution < -0.4 is 10.5 Å². The number of aromatic amines is 1. The van der Waals surface area contributed by atoms with Crippen LogP contribution in [0.5, 0.6) is 0 Å². The first kappa shape index (κ1) is 17.4. The number of H-pyrrole nitrogens is 1. The number of benzene rings is 1. The van der Waals surface area contributed by atoms with E-state index in [4.69, 9.17) is 0 Å². The van der Waals surface area contributed by atoms with E-state index in [9.17, 15) is 10.1 Å². The van der Waals surface area contributed by atoms with Crippen LogP contribution >= 0.6 is 0 Å². The Bertz CT molecular complexity index is 967. The molecule has 1 N–H and O–H groups in total. The molecule has 0 aliphatic rings. The van der Waals surface area contributed by atoms with Gasteiger partial charge in [-0.2, -0.15) is 5.26 Å². The van der Waals surface area contributed by atoms with Crippen LogP contribution in [0, 0.1) is 18.3 Å². The zero-order valence-electron chi connectivity index (χ0n) is 14.8. The molecule has 3 aromatic rings. The molecule has 0 radical (unpaired) electrons. The van der Waals surface area contributed by atoms with E-state index in [0.29, 0.717) is 5.56 Å². The van der Waals surface area contributed by atoms with Crippen molar-refractivity contribution >= 4 is 5.69 Å². The van der Waals surface area contributed by atoms with Gasteiger partial charge in [0.25, 0.3) is 5.56 Å². The molecule has 0 fully saturated rings. The van der Waals surface area contributed by atoms with Crippen molar-refractivity contribution in [2.45, 2.75) is 20.4 Å². The van der Waals surface area contributed by atoms with Crippen molar-refractivity contribution in [1.82, 2.24) is 20.0 Å². The number of pyridine rings is 1. The number of nitriles is 1. The second-order valence-corrected chi connectivity index (χ2v) is 5.97. The first-order valence-electron chi connectivity index (χ1n) is 8.46. The smallest absolute Gasteiger partial charge is 0.266 e. The quantitative estimate of drug-likeness (QED) is 0.738. The average molecular weight is 348 g/mol. The van der Waals surface area contributed by atoms with Gasteiger partial charge in [0.2, 0.25) is 0 Å². The van der Waals surface area contributed by atoms with Crippen LogP contribution in [0.15, 0.2) is 47.5 Å². The number of anilines is 1. The fourth-order valence-corrected chi connectivity index (χ4v) is 2.92. The molecule has 132 valence electrons. The molecule has 0 bridgehead atoms. The number of nitrogens with one attached hydrogen (secondary N) is 1. The summed E-state index contributed by atoms with van der Waals surface area (Å²) in [5, 5.41) is 17.1. The molecule has 2 heterocycles. The van der Waals surface area contributed by atoms with E-state index in [1.165, 1.54) is 0 Å². The monoisotopic (exact) mass is 348 g/mol. The van der Waals surface area contributed by atoms with Crippen molar-refractivity contribution in [3.63, 3.8) is 0 Å². The zero-order chi connectivity index (χ0) is 18.5. The fraction of sp³-hybridized carbons (Fsp3) is 0.263. The van der Waals surface area contributed by atoms with Crippen LogP contribution in [0.3, 0.4) is 0 Å². The lowest BCUT2D eigenvalue weighted by atomic mass is 10.0. The molecule has 0 aliphatic carbocycles. The van der Waals surface area contributed by atoms with Crippen molar-refractivity contribution in [3.05, 3.63) is 64.3 Å². The Kier molecular flexibility index (Phi) is 5.13. The highest BCUT2D eigenvalue weighted by molar-refractivity contribution is 5.72. The van der Waals surface area contributed by atoms with Crippen LogP contribution in [0.25, 0.3) is 11.1 Å². The Hall–Kier alpha value is -3.40. The van der Waals surface area contributed by atoms with E-state index in [1.54, 1.807) is 10.9 Å². The van der Waals surface area contributed by atoms with E-state index >= 15 is 0 Å². The Balaban J connectivity index is 1.84. The predicted octanol–water partition coefficient (Wildman–Crippen LogP) is 2.34. The van der Waals surface area contributed by atoms with E-state index in [1.807, 2.05) is 49.5 Å². The Morgan fingerprint density at radius 3 is 2.69 bits per heavy atom. The van der Waals surface area contributed by atoms with Gasteiger partial charge in [-0.15, -0.1) is 5.10 Å². The molecule has 1 aromatic carbocycles. The molecular formula is C19H20N6O. The standard InChI is InChI=1S/C19H20N6O/c1-3-24(10-11-25-9-8-21-23-25)16-6-4-15(5-7-16)17-12-14(2)22-19(26)18(17)13-20/h4-9,12H,3,10-11H2,1-2H3,(H,22,26). The topological polar surface area (TPSA) is 90.6 Å². The van der Waals surface area contributed by atoms with E-state index in [0.717, 1.165) is 36.6 Å². The third kappa shape index (κ3) is 3.64. The predicted molar refractivity (Wildman–Crippen MR) is 99.9 cm³/mol. The van der Waals surface area contributed by atoms with Crippen molar-refractivity contribution in [3.8, 4) is 17.2 Å². The lowest BCUT2D eigenvalue weighted by Crippen LogP contribution is -2.27. The van der Waals surface area contributed by atoms with Gasteiger partial charge < -0.3 is 9.88 Å². The zero-order valence-corrected chi connectivity index (χ0v) is 14.8. The second-order valence-electron chi connectivity index (χ2n) is 5.97. The van der Waals surface area contributed by atoms with E-state index in [2.05, 4.69) is 27.1 Å². The number of hydrogen-bond donors (Lipinski definition) is 1. The molecule has 7 nitrogen and oxygen atoms in total. The van der Waals surface area contributed by atoms with Crippen molar-refractivity contribution in [2.24, 2.45) is 0 Å². The van der Waals surface area contributed by atoms with Crippen LogP contribution in [-0.2, 0) is 6.54 Å². The summed E-state index contributed by atoms with van der Waals surface area (Å²) in [6.07, 6.45) is 3.51. The summed E-state index contributed by atoms with van der Waals surface area (Å²) in [5.41, 5.74) is 3.11. The number of hydrogen-bond acceptors (Lipinski definition) is 5. The minimum Gasteiger partial charge on any atom is -0.370 e. The van der Waals surface area contributed by atoms with Crippen molar-refractivity contribution in [2.75, 3.05) is 18.0 Å². The first-order valence-corrected chi connectivity index (χ1v) is 8.46. The summed E-state index contributed by atoms with van der Waals surface area (Å²) in [6, 6.07) is 11.8. The van der Waals surface area contributed by atoms with Gasteiger partial charge in [0.05, 0.1) is 12.7 Å². The molecule has 0 unspecified atom stereocenters. The molecule has 0 atom stereocenters. The van der Waals surface area contributed by atoms with Gasteiger partial charge in [0.15, 0.2) is 0 Å². The van der Waals surface area contributed by atoms with E-state index < -0.39 is 0 Å². The van der Waals surface area contributed by atoms with Gasteiger partial charge in [-0.25, -0.2) is 0 Å². The molecule has 3 rings (SSSR count). The maximum atomic E-state index is 12.0. The number of aryl methyl sites for hydroxylation is 1. The first-order chi connectivity index (χ1) is 12.6. The maximum absolute atomic E-state index is 12.0. The van der Waals surface area contributed by atoms with Crippen LogP contribution in [-0.4, -0.2) is 33.1 Å². The summed E-state index contributed by atoms with van der Waals surface area (Å²) in [7, 11) is 0. The highest BCUT2D eigenvalue weighted by Gasteiger charge is 2.11. The number of likely N-dealkylation sites (N-methyl/N-ethyl adjacent to an activating group) is 1. The van der Waals surface area contributed by atoms with Gasteiger partial charge in [-0.1, -0.05) is 17.3 Å².